The lowest BCUT2D eigenvalue weighted by Gasteiger charge is -2.11. The molecule has 2 rings (SSSR count). The summed E-state index contributed by atoms with van der Waals surface area (Å²) in [5.74, 6) is 0.824. The molecule has 0 fully saturated rings. The topological polar surface area (TPSA) is 70.9 Å². The number of nitrogens with two attached hydrogens (primary N) is 1. The first-order valence-electron chi connectivity index (χ1n) is 6.29. The Bertz CT molecular complexity index is 552. The maximum Gasteiger partial charge on any atom is 0.237 e. The lowest BCUT2D eigenvalue weighted by atomic mass is 10.1. The minimum atomic E-state index is -0.499. The molecule has 0 saturated carbocycles. The van der Waals surface area contributed by atoms with E-state index >= 15 is 0 Å². The molecular formula is C14H19N3OS. The molecule has 0 aliphatic carbocycles. The van der Waals surface area contributed by atoms with Crippen LogP contribution in [0.2, 0.25) is 0 Å². The molecule has 0 unspecified atom stereocenters. The summed E-state index contributed by atoms with van der Waals surface area (Å²) in [5, 5.41) is 3.98. The molecule has 1 atom stereocenters. The lowest BCUT2D eigenvalue weighted by Crippen LogP contribution is -2.42. The summed E-state index contributed by atoms with van der Waals surface area (Å²) in [7, 11) is 0. The number of aromatic nitrogens is 1. The molecule has 0 aliphatic heterocycles. The van der Waals surface area contributed by atoms with Crippen LogP contribution < -0.4 is 11.1 Å². The maximum absolute atomic E-state index is 11.8. The Hall–Kier alpha value is -1.46. The summed E-state index contributed by atoms with van der Waals surface area (Å²) < 4.78 is 0. The Balaban J connectivity index is 1.98. The van der Waals surface area contributed by atoms with E-state index in [1.807, 2.05) is 36.7 Å². The molecule has 0 spiro atoms. The Morgan fingerprint density at radius 1 is 1.47 bits per heavy atom. The number of aromatic amines is 1. The number of hydrogen-bond donors (Lipinski definition) is 3. The van der Waals surface area contributed by atoms with Crippen LogP contribution in [0.3, 0.4) is 0 Å². The van der Waals surface area contributed by atoms with E-state index in [9.17, 15) is 4.79 Å². The first-order valence-corrected chi connectivity index (χ1v) is 7.69. The Kier molecular flexibility index (Phi) is 4.87. The first-order chi connectivity index (χ1) is 9.22. The number of rotatable bonds is 6. The molecule has 0 aliphatic rings. The predicted octanol–water partition coefficient (Wildman–Crippen LogP) is 1.52. The highest BCUT2D eigenvalue weighted by atomic mass is 32.2. The van der Waals surface area contributed by atoms with E-state index < -0.39 is 6.04 Å². The van der Waals surface area contributed by atoms with Gasteiger partial charge in [0.15, 0.2) is 0 Å². The van der Waals surface area contributed by atoms with Gasteiger partial charge in [0.25, 0.3) is 0 Å². The van der Waals surface area contributed by atoms with Crippen molar-refractivity contribution in [1.29, 1.82) is 0 Å². The Labute approximate surface area is 117 Å². The second-order valence-corrected chi connectivity index (χ2v) is 5.44. The summed E-state index contributed by atoms with van der Waals surface area (Å²) in [6.07, 6.45) is 4.49. The van der Waals surface area contributed by atoms with E-state index in [0.29, 0.717) is 13.0 Å². The minimum Gasteiger partial charge on any atom is -0.361 e. The van der Waals surface area contributed by atoms with Crippen LogP contribution in [0.1, 0.15) is 5.56 Å². The van der Waals surface area contributed by atoms with Crippen molar-refractivity contribution in [3.05, 3.63) is 36.0 Å². The van der Waals surface area contributed by atoms with Crippen molar-refractivity contribution >= 4 is 28.6 Å². The van der Waals surface area contributed by atoms with E-state index in [1.54, 1.807) is 11.8 Å². The predicted molar refractivity (Wildman–Crippen MR) is 81.4 cm³/mol. The van der Waals surface area contributed by atoms with Gasteiger partial charge in [-0.3, -0.25) is 4.79 Å². The number of benzene rings is 1. The molecule has 0 radical (unpaired) electrons. The van der Waals surface area contributed by atoms with E-state index in [4.69, 9.17) is 5.73 Å². The molecule has 5 heteroatoms. The van der Waals surface area contributed by atoms with Crippen molar-refractivity contribution in [2.75, 3.05) is 18.6 Å². The molecule has 1 amide bonds. The summed E-state index contributed by atoms with van der Waals surface area (Å²) in [5.41, 5.74) is 8.11. The summed E-state index contributed by atoms with van der Waals surface area (Å²) in [4.78, 5) is 15.0. The van der Waals surface area contributed by atoms with Gasteiger partial charge in [0.05, 0.1) is 6.04 Å². The molecule has 1 aromatic carbocycles. The van der Waals surface area contributed by atoms with Crippen molar-refractivity contribution in [1.82, 2.24) is 10.3 Å². The van der Waals surface area contributed by atoms with Gasteiger partial charge in [-0.05, 0) is 24.3 Å². The number of thioether (sulfide) groups is 1. The third kappa shape index (κ3) is 3.52. The van der Waals surface area contributed by atoms with E-state index in [0.717, 1.165) is 22.2 Å². The maximum atomic E-state index is 11.8. The van der Waals surface area contributed by atoms with Gasteiger partial charge < -0.3 is 16.0 Å². The second kappa shape index (κ2) is 6.63. The molecule has 0 bridgehead atoms. The normalized spacial score (nSPS) is 12.5. The number of fused-ring (bicyclic) bond motifs is 1. The van der Waals surface area contributed by atoms with E-state index in [1.165, 1.54) is 0 Å². The van der Waals surface area contributed by atoms with Crippen molar-refractivity contribution in [3.63, 3.8) is 0 Å². The SMILES string of the molecule is CSCCNC(=O)[C@H](N)Cc1c[nH]c2ccccc12. The van der Waals surface area contributed by atoms with Gasteiger partial charge in [0, 0.05) is 29.4 Å². The molecule has 19 heavy (non-hydrogen) atoms. The minimum absolute atomic E-state index is 0.0840. The number of hydrogen-bond acceptors (Lipinski definition) is 3. The molecule has 4 N–H and O–H groups in total. The molecule has 4 nitrogen and oxygen atoms in total. The molecule has 1 aromatic heterocycles. The van der Waals surface area contributed by atoms with Crippen molar-refractivity contribution in [2.24, 2.45) is 5.73 Å². The fourth-order valence-corrected chi connectivity index (χ4v) is 2.34. The van der Waals surface area contributed by atoms with Crippen LogP contribution in [-0.2, 0) is 11.2 Å². The fraction of sp³-hybridized carbons (Fsp3) is 0.357. The monoisotopic (exact) mass is 277 g/mol. The molecule has 2 aromatic rings. The third-order valence-corrected chi connectivity index (χ3v) is 3.67. The first kappa shape index (κ1) is 14.0. The van der Waals surface area contributed by atoms with Gasteiger partial charge in [0.1, 0.15) is 0 Å². The van der Waals surface area contributed by atoms with Crippen LogP contribution in [0, 0.1) is 0 Å². The summed E-state index contributed by atoms with van der Waals surface area (Å²) >= 11 is 1.70. The standard InChI is InChI=1S/C14H19N3OS/c1-19-7-6-16-14(18)12(15)8-10-9-17-13-5-3-2-4-11(10)13/h2-5,9,12,17H,6-8,15H2,1H3,(H,16,18)/t12-/m1/s1. The highest BCUT2D eigenvalue weighted by Crippen LogP contribution is 2.18. The lowest BCUT2D eigenvalue weighted by molar-refractivity contribution is -0.122. The highest BCUT2D eigenvalue weighted by Gasteiger charge is 2.15. The van der Waals surface area contributed by atoms with Gasteiger partial charge in [-0.15, -0.1) is 0 Å². The van der Waals surface area contributed by atoms with Crippen LogP contribution in [0.25, 0.3) is 10.9 Å². The van der Waals surface area contributed by atoms with Gasteiger partial charge in [-0.1, -0.05) is 18.2 Å². The quantitative estimate of drug-likeness (QED) is 0.701. The van der Waals surface area contributed by atoms with Gasteiger partial charge >= 0.3 is 0 Å². The number of nitrogens with one attached hydrogen (secondary N) is 2. The van der Waals surface area contributed by atoms with Gasteiger partial charge in [0.2, 0.25) is 5.91 Å². The summed E-state index contributed by atoms with van der Waals surface area (Å²) in [6, 6.07) is 7.53. The molecule has 102 valence electrons. The Morgan fingerprint density at radius 2 is 2.26 bits per heavy atom. The Morgan fingerprint density at radius 3 is 3.05 bits per heavy atom. The zero-order valence-electron chi connectivity index (χ0n) is 11.0. The zero-order valence-corrected chi connectivity index (χ0v) is 11.8. The van der Waals surface area contributed by atoms with Gasteiger partial charge in [-0.2, -0.15) is 11.8 Å². The van der Waals surface area contributed by atoms with Crippen molar-refractivity contribution < 1.29 is 4.79 Å². The second-order valence-electron chi connectivity index (χ2n) is 4.45. The van der Waals surface area contributed by atoms with E-state index in [-0.39, 0.29) is 5.91 Å². The van der Waals surface area contributed by atoms with Crippen LogP contribution in [0.5, 0.6) is 0 Å². The van der Waals surface area contributed by atoms with Crippen LogP contribution in [0.15, 0.2) is 30.5 Å². The molecule has 0 saturated heterocycles. The van der Waals surface area contributed by atoms with Crippen LogP contribution >= 0.6 is 11.8 Å². The molecular weight excluding hydrogens is 258 g/mol. The number of amides is 1. The van der Waals surface area contributed by atoms with Gasteiger partial charge in [-0.25, -0.2) is 0 Å². The average Bonchev–Trinajstić information content (AvgIpc) is 2.82. The smallest absolute Gasteiger partial charge is 0.237 e. The average molecular weight is 277 g/mol. The number of carbonyl (C=O) groups excluding carboxylic acids is 1. The number of H-pyrrole nitrogens is 1. The van der Waals surface area contributed by atoms with Crippen LogP contribution in [0.4, 0.5) is 0 Å². The fourth-order valence-electron chi connectivity index (χ4n) is 2.04. The van der Waals surface area contributed by atoms with Crippen molar-refractivity contribution in [3.8, 4) is 0 Å². The largest absolute Gasteiger partial charge is 0.361 e. The zero-order chi connectivity index (χ0) is 13.7. The number of carbonyl (C=O) groups is 1. The summed E-state index contributed by atoms with van der Waals surface area (Å²) in [6.45, 7) is 0.668. The van der Waals surface area contributed by atoms with Crippen LogP contribution in [-0.4, -0.2) is 35.5 Å². The molecule has 1 heterocycles. The third-order valence-electron chi connectivity index (χ3n) is 3.06. The van der Waals surface area contributed by atoms with Crippen molar-refractivity contribution in [2.45, 2.75) is 12.5 Å². The van der Waals surface area contributed by atoms with E-state index in [2.05, 4.69) is 10.3 Å². The highest BCUT2D eigenvalue weighted by molar-refractivity contribution is 7.98. The number of para-hydroxylation sites is 1.